The van der Waals surface area contributed by atoms with Crippen LogP contribution < -0.4 is 10.1 Å². The maximum absolute atomic E-state index is 11.8. The third-order valence-corrected chi connectivity index (χ3v) is 3.92. The molecular formula is C15H20ClNO3. The van der Waals surface area contributed by atoms with Crippen molar-refractivity contribution in [3.05, 3.63) is 28.8 Å². The Balaban J connectivity index is 1.85. The number of carbonyl (C=O) groups is 1. The first-order chi connectivity index (χ1) is 9.70. The van der Waals surface area contributed by atoms with Crippen LogP contribution in [0.5, 0.6) is 5.75 Å². The Bertz CT molecular complexity index is 458. The van der Waals surface area contributed by atoms with Crippen LogP contribution in [0.3, 0.4) is 0 Å². The summed E-state index contributed by atoms with van der Waals surface area (Å²) in [4.78, 5) is 11.8. The maximum Gasteiger partial charge on any atom is 0.258 e. The van der Waals surface area contributed by atoms with E-state index in [1.165, 1.54) is 19.3 Å². The Morgan fingerprint density at radius 1 is 1.35 bits per heavy atom. The number of ether oxygens (including phenoxy) is 1. The van der Waals surface area contributed by atoms with Gasteiger partial charge in [-0.25, -0.2) is 0 Å². The van der Waals surface area contributed by atoms with Crippen LogP contribution in [0, 0.1) is 0 Å². The normalized spacial score (nSPS) is 15.9. The van der Waals surface area contributed by atoms with Crippen LogP contribution in [0.4, 0.5) is 0 Å². The average molecular weight is 298 g/mol. The molecule has 1 aromatic rings. The van der Waals surface area contributed by atoms with Crippen molar-refractivity contribution in [1.82, 2.24) is 5.32 Å². The van der Waals surface area contributed by atoms with E-state index in [9.17, 15) is 9.90 Å². The number of hydrogen-bond donors (Lipinski definition) is 2. The molecule has 1 saturated carbocycles. The van der Waals surface area contributed by atoms with Gasteiger partial charge in [0.25, 0.3) is 5.91 Å². The summed E-state index contributed by atoms with van der Waals surface area (Å²) in [5.41, 5.74) is 0.514. The Kier molecular flexibility index (Phi) is 5.68. The lowest BCUT2D eigenvalue weighted by Gasteiger charge is -2.22. The van der Waals surface area contributed by atoms with E-state index in [0.29, 0.717) is 16.3 Å². The van der Waals surface area contributed by atoms with Gasteiger partial charge in [-0.15, -0.1) is 0 Å². The maximum atomic E-state index is 11.8. The summed E-state index contributed by atoms with van der Waals surface area (Å²) in [7, 11) is 0. The monoisotopic (exact) mass is 297 g/mol. The molecule has 2 N–H and O–H groups in total. The Labute approximate surface area is 124 Å². The summed E-state index contributed by atoms with van der Waals surface area (Å²) < 4.78 is 5.46. The van der Waals surface area contributed by atoms with Crippen LogP contribution in [0.15, 0.2) is 18.2 Å². The van der Waals surface area contributed by atoms with Gasteiger partial charge in [0.15, 0.2) is 6.61 Å². The number of amides is 1. The zero-order valence-corrected chi connectivity index (χ0v) is 12.2. The summed E-state index contributed by atoms with van der Waals surface area (Å²) in [5.74, 6) is 0.333. The van der Waals surface area contributed by atoms with Gasteiger partial charge in [-0.1, -0.05) is 36.9 Å². The largest absolute Gasteiger partial charge is 0.483 e. The van der Waals surface area contributed by atoms with Crippen LogP contribution in [-0.4, -0.2) is 23.7 Å². The Morgan fingerprint density at radius 2 is 2.10 bits per heavy atom. The smallest absolute Gasteiger partial charge is 0.258 e. The molecule has 0 spiro atoms. The van der Waals surface area contributed by atoms with Crippen LogP contribution >= 0.6 is 11.6 Å². The van der Waals surface area contributed by atoms with Crippen LogP contribution in [-0.2, 0) is 11.4 Å². The van der Waals surface area contributed by atoms with E-state index in [0.717, 1.165) is 12.8 Å². The second-order valence-corrected chi connectivity index (χ2v) is 5.47. The molecule has 0 atom stereocenters. The fraction of sp³-hybridized carbons (Fsp3) is 0.533. The Hall–Kier alpha value is -1.26. The second-order valence-electron chi connectivity index (χ2n) is 5.07. The molecule has 1 fully saturated rings. The first kappa shape index (κ1) is 15.1. The number of aliphatic hydroxyl groups is 1. The van der Waals surface area contributed by atoms with Gasteiger partial charge < -0.3 is 15.2 Å². The molecule has 1 amide bonds. The van der Waals surface area contributed by atoms with E-state index < -0.39 is 0 Å². The lowest BCUT2D eigenvalue weighted by molar-refractivity contribution is -0.124. The molecule has 1 aromatic carbocycles. The number of hydrogen-bond acceptors (Lipinski definition) is 3. The van der Waals surface area contributed by atoms with Gasteiger partial charge in [0.1, 0.15) is 5.75 Å². The zero-order chi connectivity index (χ0) is 14.4. The predicted octanol–water partition coefficient (Wildman–Crippen LogP) is 2.66. The first-order valence-electron chi connectivity index (χ1n) is 7.01. The summed E-state index contributed by atoms with van der Waals surface area (Å²) in [6, 6.07) is 5.39. The zero-order valence-electron chi connectivity index (χ0n) is 11.4. The van der Waals surface area contributed by atoms with Crippen molar-refractivity contribution >= 4 is 17.5 Å². The topological polar surface area (TPSA) is 58.6 Å². The lowest BCUT2D eigenvalue weighted by Crippen LogP contribution is -2.39. The van der Waals surface area contributed by atoms with E-state index in [1.54, 1.807) is 18.2 Å². The van der Waals surface area contributed by atoms with Gasteiger partial charge in [0.2, 0.25) is 0 Å². The van der Waals surface area contributed by atoms with Crippen LogP contribution in [0.1, 0.15) is 37.7 Å². The Morgan fingerprint density at radius 3 is 2.80 bits per heavy atom. The molecule has 0 bridgehead atoms. The van der Waals surface area contributed by atoms with Crippen molar-refractivity contribution in [2.75, 3.05) is 6.61 Å². The highest BCUT2D eigenvalue weighted by Gasteiger charge is 2.16. The summed E-state index contributed by atoms with van der Waals surface area (Å²) in [5, 5.41) is 12.7. The highest BCUT2D eigenvalue weighted by Crippen LogP contribution is 2.26. The van der Waals surface area contributed by atoms with E-state index in [-0.39, 0.29) is 25.2 Å². The fourth-order valence-corrected chi connectivity index (χ4v) is 2.71. The molecule has 0 aliphatic heterocycles. The van der Waals surface area contributed by atoms with Crippen molar-refractivity contribution in [2.45, 2.75) is 44.8 Å². The van der Waals surface area contributed by atoms with Gasteiger partial charge >= 0.3 is 0 Å². The van der Waals surface area contributed by atoms with Crippen molar-refractivity contribution in [1.29, 1.82) is 0 Å². The molecule has 4 nitrogen and oxygen atoms in total. The number of benzene rings is 1. The van der Waals surface area contributed by atoms with Crippen molar-refractivity contribution in [2.24, 2.45) is 0 Å². The average Bonchev–Trinajstić information content (AvgIpc) is 2.46. The molecule has 0 radical (unpaired) electrons. The molecule has 0 aromatic heterocycles. The number of aliphatic hydroxyl groups excluding tert-OH is 1. The molecule has 5 heteroatoms. The van der Waals surface area contributed by atoms with Gasteiger partial charge in [0.05, 0.1) is 6.61 Å². The summed E-state index contributed by atoms with van der Waals surface area (Å²) >= 11 is 5.96. The molecule has 0 saturated heterocycles. The first-order valence-corrected chi connectivity index (χ1v) is 7.39. The summed E-state index contributed by atoms with van der Waals surface area (Å²) in [6.45, 7) is -0.261. The van der Waals surface area contributed by atoms with Gasteiger partial charge in [0, 0.05) is 16.6 Å². The molecule has 2 rings (SSSR count). The molecule has 20 heavy (non-hydrogen) atoms. The quantitative estimate of drug-likeness (QED) is 0.878. The third kappa shape index (κ3) is 4.12. The van der Waals surface area contributed by atoms with Gasteiger partial charge in [-0.2, -0.15) is 0 Å². The SMILES string of the molecule is O=C(COc1cccc(Cl)c1CO)NC1CCCCC1. The van der Waals surface area contributed by atoms with E-state index >= 15 is 0 Å². The minimum atomic E-state index is -0.209. The van der Waals surface area contributed by atoms with Crippen LogP contribution in [0.25, 0.3) is 0 Å². The molecule has 1 aliphatic rings. The molecular weight excluding hydrogens is 278 g/mol. The van der Waals surface area contributed by atoms with Gasteiger partial charge in [-0.3, -0.25) is 4.79 Å². The minimum Gasteiger partial charge on any atom is -0.483 e. The number of carbonyl (C=O) groups excluding carboxylic acids is 1. The number of nitrogens with one attached hydrogen (secondary N) is 1. The van der Waals surface area contributed by atoms with E-state index in [1.807, 2.05) is 0 Å². The molecule has 0 unspecified atom stereocenters. The van der Waals surface area contributed by atoms with E-state index in [2.05, 4.69) is 5.32 Å². The van der Waals surface area contributed by atoms with Crippen molar-refractivity contribution in [3.63, 3.8) is 0 Å². The standard InChI is InChI=1S/C15H20ClNO3/c16-13-7-4-8-14(12(13)9-18)20-10-15(19)17-11-5-2-1-3-6-11/h4,7-8,11,18H,1-3,5-6,9-10H2,(H,17,19). The predicted molar refractivity (Wildman–Crippen MR) is 77.9 cm³/mol. The molecule has 0 heterocycles. The third-order valence-electron chi connectivity index (χ3n) is 3.56. The lowest BCUT2D eigenvalue weighted by atomic mass is 9.95. The van der Waals surface area contributed by atoms with E-state index in [4.69, 9.17) is 16.3 Å². The second kappa shape index (κ2) is 7.50. The number of halogens is 1. The van der Waals surface area contributed by atoms with Crippen molar-refractivity contribution in [3.8, 4) is 5.75 Å². The number of rotatable bonds is 5. The van der Waals surface area contributed by atoms with Crippen LogP contribution in [0.2, 0.25) is 5.02 Å². The summed E-state index contributed by atoms with van der Waals surface area (Å²) in [6.07, 6.45) is 5.70. The van der Waals surface area contributed by atoms with Gasteiger partial charge in [-0.05, 0) is 25.0 Å². The van der Waals surface area contributed by atoms with Crippen molar-refractivity contribution < 1.29 is 14.6 Å². The highest BCUT2D eigenvalue weighted by atomic mass is 35.5. The highest BCUT2D eigenvalue weighted by molar-refractivity contribution is 6.31. The molecule has 1 aliphatic carbocycles. The fourth-order valence-electron chi connectivity index (χ4n) is 2.49. The molecule has 110 valence electrons. The minimum absolute atomic E-state index is 0.0517.